The number of hydrogen-bond donors (Lipinski definition) is 1. The van der Waals surface area contributed by atoms with Crippen LogP contribution in [0.5, 0.6) is 5.75 Å². The molecule has 22 heavy (non-hydrogen) atoms. The molecular weight excluding hydrogens is 366 g/mol. The summed E-state index contributed by atoms with van der Waals surface area (Å²) in [6.45, 7) is 2.57. The lowest BCUT2D eigenvalue weighted by Gasteiger charge is -2.09. The van der Waals surface area contributed by atoms with E-state index in [1.54, 1.807) is 0 Å². The molecule has 0 heterocycles. The maximum Gasteiger partial charge on any atom is 0.257 e. The van der Waals surface area contributed by atoms with E-state index in [1.165, 1.54) is 0 Å². The number of carbonyl (C=O) groups excluding carboxylic acids is 1. The fraction of sp³-hybridized carbons (Fsp3) is 0.235. The van der Waals surface area contributed by atoms with E-state index in [9.17, 15) is 4.79 Å². The average Bonchev–Trinajstić information content (AvgIpc) is 2.48. The lowest BCUT2D eigenvalue weighted by molar-refractivity contribution is -0.123. The molecule has 0 aliphatic heterocycles. The molecule has 0 spiro atoms. The van der Waals surface area contributed by atoms with Crippen LogP contribution >= 0.6 is 27.5 Å². The van der Waals surface area contributed by atoms with Crippen molar-refractivity contribution in [3.05, 3.63) is 63.1 Å². The van der Waals surface area contributed by atoms with Gasteiger partial charge in [0.2, 0.25) is 0 Å². The van der Waals surface area contributed by atoms with Crippen LogP contribution in [-0.2, 0) is 11.2 Å². The Hall–Kier alpha value is -1.52. The molecule has 0 saturated heterocycles. The van der Waals surface area contributed by atoms with Gasteiger partial charge >= 0.3 is 0 Å². The molecule has 1 N–H and O–H groups in total. The van der Waals surface area contributed by atoms with Crippen LogP contribution < -0.4 is 10.1 Å². The Labute approximate surface area is 143 Å². The summed E-state index contributed by atoms with van der Waals surface area (Å²) in [5, 5.41) is 3.55. The predicted molar refractivity (Wildman–Crippen MR) is 92.5 cm³/mol. The first kappa shape index (κ1) is 16.8. The summed E-state index contributed by atoms with van der Waals surface area (Å²) in [5.74, 6) is 0.528. The molecule has 2 rings (SSSR count). The third-order valence-electron chi connectivity index (χ3n) is 3.10. The zero-order valence-electron chi connectivity index (χ0n) is 12.2. The van der Waals surface area contributed by atoms with E-state index in [1.807, 2.05) is 49.4 Å². The van der Waals surface area contributed by atoms with Crippen LogP contribution in [0.25, 0.3) is 0 Å². The number of nitrogens with one attached hydrogen (secondary N) is 1. The zero-order valence-corrected chi connectivity index (χ0v) is 14.6. The van der Waals surface area contributed by atoms with Gasteiger partial charge in [-0.15, -0.1) is 0 Å². The second-order valence-corrected chi connectivity index (χ2v) is 6.24. The third-order valence-corrected chi connectivity index (χ3v) is 3.97. The van der Waals surface area contributed by atoms with Gasteiger partial charge in [-0.2, -0.15) is 0 Å². The third kappa shape index (κ3) is 5.35. The van der Waals surface area contributed by atoms with Crippen LogP contribution in [0.2, 0.25) is 5.02 Å². The maximum absolute atomic E-state index is 11.8. The Balaban J connectivity index is 1.72. The summed E-state index contributed by atoms with van der Waals surface area (Å²) in [5.41, 5.74) is 2.26. The second-order valence-electron chi connectivity index (χ2n) is 4.95. The molecular formula is C17H17BrClNO2. The fourth-order valence-electron chi connectivity index (χ4n) is 1.91. The van der Waals surface area contributed by atoms with Gasteiger partial charge in [-0.05, 0) is 64.7 Å². The van der Waals surface area contributed by atoms with Gasteiger partial charge in [0.15, 0.2) is 6.61 Å². The molecule has 0 unspecified atom stereocenters. The summed E-state index contributed by atoms with van der Waals surface area (Å²) >= 11 is 9.25. The van der Waals surface area contributed by atoms with E-state index < -0.39 is 0 Å². The highest BCUT2D eigenvalue weighted by molar-refractivity contribution is 9.10. The maximum atomic E-state index is 11.8. The van der Waals surface area contributed by atoms with E-state index in [-0.39, 0.29) is 12.5 Å². The second kappa shape index (κ2) is 8.20. The first-order valence-electron chi connectivity index (χ1n) is 6.94. The van der Waals surface area contributed by atoms with Crippen molar-refractivity contribution in [2.45, 2.75) is 13.3 Å². The van der Waals surface area contributed by atoms with E-state index in [0.717, 1.165) is 22.0 Å². The first-order chi connectivity index (χ1) is 10.5. The molecule has 0 fully saturated rings. The molecule has 5 heteroatoms. The molecule has 116 valence electrons. The van der Waals surface area contributed by atoms with Crippen LogP contribution in [0.3, 0.4) is 0 Å². The first-order valence-corrected chi connectivity index (χ1v) is 8.12. The van der Waals surface area contributed by atoms with Gasteiger partial charge in [0, 0.05) is 11.6 Å². The molecule has 3 nitrogen and oxygen atoms in total. The smallest absolute Gasteiger partial charge is 0.257 e. The molecule has 0 saturated carbocycles. The highest BCUT2D eigenvalue weighted by Gasteiger charge is 2.05. The van der Waals surface area contributed by atoms with Gasteiger partial charge in [-0.25, -0.2) is 0 Å². The lowest BCUT2D eigenvalue weighted by atomic mass is 10.1. The van der Waals surface area contributed by atoms with Crippen molar-refractivity contribution in [1.82, 2.24) is 5.32 Å². The van der Waals surface area contributed by atoms with Crippen LogP contribution in [0.1, 0.15) is 11.1 Å². The van der Waals surface area contributed by atoms with E-state index >= 15 is 0 Å². The molecule has 0 radical (unpaired) electrons. The van der Waals surface area contributed by atoms with Crippen LogP contribution in [0.15, 0.2) is 46.9 Å². The normalized spacial score (nSPS) is 10.3. The van der Waals surface area contributed by atoms with Crippen molar-refractivity contribution in [3.8, 4) is 5.75 Å². The number of aryl methyl sites for hydroxylation is 1. The number of hydrogen-bond acceptors (Lipinski definition) is 2. The largest absolute Gasteiger partial charge is 0.483 e. The SMILES string of the molecule is Cc1ccc(OCC(=O)NCCc2ccc(Cl)cc2)c(Br)c1. The summed E-state index contributed by atoms with van der Waals surface area (Å²) in [6, 6.07) is 13.3. The highest BCUT2D eigenvalue weighted by Crippen LogP contribution is 2.25. The highest BCUT2D eigenvalue weighted by atomic mass is 79.9. The molecule has 0 atom stereocenters. The van der Waals surface area contributed by atoms with Crippen molar-refractivity contribution in [3.63, 3.8) is 0 Å². The van der Waals surface area contributed by atoms with Gasteiger partial charge in [0.25, 0.3) is 5.91 Å². The Morgan fingerprint density at radius 1 is 1.23 bits per heavy atom. The summed E-state index contributed by atoms with van der Waals surface area (Å²) < 4.78 is 6.34. The number of carbonyl (C=O) groups is 1. The quantitative estimate of drug-likeness (QED) is 0.815. The number of halogens is 2. The predicted octanol–water partition coefficient (Wildman–Crippen LogP) is 4.15. The Morgan fingerprint density at radius 2 is 1.95 bits per heavy atom. The van der Waals surface area contributed by atoms with Gasteiger partial charge in [0.1, 0.15) is 5.75 Å². The molecule has 0 aliphatic carbocycles. The fourth-order valence-corrected chi connectivity index (χ4v) is 2.65. The minimum absolute atomic E-state index is 0.00226. The Bertz CT molecular complexity index is 644. The van der Waals surface area contributed by atoms with Crippen LogP contribution in [0.4, 0.5) is 0 Å². The van der Waals surface area contributed by atoms with Gasteiger partial charge in [-0.3, -0.25) is 4.79 Å². The monoisotopic (exact) mass is 381 g/mol. The summed E-state index contributed by atoms with van der Waals surface area (Å²) in [7, 11) is 0. The van der Waals surface area contributed by atoms with Crippen molar-refractivity contribution in [1.29, 1.82) is 0 Å². The van der Waals surface area contributed by atoms with Crippen LogP contribution in [0, 0.1) is 6.92 Å². The van der Waals surface area contributed by atoms with Crippen molar-refractivity contribution in [2.75, 3.05) is 13.2 Å². The topological polar surface area (TPSA) is 38.3 Å². The van der Waals surface area contributed by atoms with E-state index in [2.05, 4.69) is 21.2 Å². The minimum Gasteiger partial charge on any atom is -0.483 e. The lowest BCUT2D eigenvalue weighted by Crippen LogP contribution is -2.30. The van der Waals surface area contributed by atoms with Gasteiger partial charge < -0.3 is 10.1 Å². The van der Waals surface area contributed by atoms with Gasteiger partial charge in [-0.1, -0.05) is 29.8 Å². The van der Waals surface area contributed by atoms with Crippen LogP contribution in [-0.4, -0.2) is 19.1 Å². The van der Waals surface area contributed by atoms with E-state index in [0.29, 0.717) is 17.3 Å². The molecule has 0 bridgehead atoms. The zero-order chi connectivity index (χ0) is 15.9. The Morgan fingerprint density at radius 3 is 2.64 bits per heavy atom. The molecule has 1 amide bonds. The molecule has 0 aromatic heterocycles. The molecule has 0 aliphatic rings. The summed E-state index contributed by atoms with van der Waals surface area (Å²) in [6.07, 6.45) is 0.761. The number of amides is 1. The average molecular weight is 383 g/mol. The Kier molecular flexibility index (Phi) is 6.28. The van der Waals surface area contributed by atoms with E-state index in [4.69, 9.17) is 16.3 Å². The number of rotatable bonds is 6. The minimum atomic E-state index is -0.138. The van der Waals surface area contributed by atoms with Crippen molar-refractivity contribution in [2.24, 2.45) is 0 Å². The van der Waals surface area contributed by atoms with Gasteiger partial charge in [0.05, 0.1) is 4.47 Å². The summed E-state index contributed by atoms with van der Waals surface area (Å²) in [4.78, 5) is 11.8. The molecule has 2 aromatic carbocycles. The molecule has 2 aromatic rings. The standard InChI is InChI=1S/C17H17BrClNO2/c1-12-2-7-16(15(18)10-12)22-11-17(21)20-9-8-13-3-5-14(19)6-4-13/h2-7,10H,8-9,11H2,1H3,(H,20,21). The number of benzene rings is 2. The number of ether oxygens (including phenoxy) is 1. The van der Waals surface area contributed by atoms with Crippen molar-refractivity contribution < 1.29 is 9.53 Å². The van der Waals surface area contributed by atoms with Crippen molar-refractivity contribution >= 4 is 33.4 Å².